The fraction of sp³-hybridized carbons (Fsp3) is 0. The summed E-state index contributed by atoms with van der Waals surface area (Å²) in [6.07, 6.45) is 1.71. The zero-order chi connectivity index (χ0) is 11.5. The fourth-order valence-corrected chi connectivity index (χ4v) is 2.11. The van der Waals surface area contributed by atoms with Crippen LogP contribution in [0.3, 0.4) is 0 Å². The van der Waals surface area contributed by atoms with Crippen molar-refractivity contribution in [3.05, 3.63) is 50.8 Å². The van der Waals surface area contributed by atoms with Crippen LogP contribution in [0.5, 0.6) is 0 Å². The Balaban J connectivity index is 2.55. The van der Waals surface area contributed by atoms with E-state index in [0.29, 0.717) is 10.7 Å². The lowest BCUT2D eigenvalue weighted by Crippen LogP contribution is -1.86. The number of nitrogens with zero attached hydrogens (tertiary/aromatic N) is 2. The molecule has 0 bridgehead atoms. The molecular formula is C12H6ClIN2. The molecule has 4 heteroatoms. The third-order valence-electron chi connectivity index (χ3n) is 2.13. The highest BCUT2D eigenvalue weighted by atomic mass is 127. The van der Waals surface area contributed by atoms with E-state index < -0.39 is 0 Å². The number of hydrogen-bond donors (Lipinski definition) is 0. The first-order valence-corrected chi connectivity index (χ1v) is 5.98. The smallest absolute Gasteiger partial charge is 0.129 e. The molecule has 0 fully saturated rings. The largest absolute Gasteiger partial charge is 0.244 e. The Bertz CT molecular complexity index is 558. The summed E-state index contributed by atoms with van der Waals surface area (Å²) in [5, 5.41) is 9.32. The standard InChI is InChI=1S/C12H6ClIN2/c13-12-4-2-9(7-16-12)10-5-8(6-15)1-3-11(10)14/h1-5,7H. The molecule has 1 aromatic heterocycles. The van der Waals surface area contributed by atoms with Gasteiger partial charge in [0.05, 0.1) is 11.6 Å². The van der Waals surface area contributed by atoms with E-state index in [-0.39, 0.29) is 0 Å². The second-order valence-corrected chi connectivity index (χ2v) is 4.73. The number of aromatic nitrogens is 1. The van der Waals surface area contributed by atoms with Crippen LogP contribution in [-0.4, -0.2) is 4.98 Å². The summed E-state index contributed by atoms with van der Waals surface area (Å²) in [4.78, 5) is 4.03. The average Bonchev–Trinajstić information content (AvgIpc) is 2.31. The topological polar surface area (TPSA) is 36.7 Å². The normalized spacial score (nSPS) is 9.81. The maximum Gasteiger partial charge on any atom is 0.129 e. The number of hydrogen-bond acceptors (Lipinski definition) is 2. The summed E-state index contributed by atoms with van der Waals surface area (Å²) in [6.45, 7) is 0. The lowest BCUT2D eigenvalue weighted by molar-refractivity contribution is 1.32. The number of pyridine rings is 1. The first-order chi connectivity index (χ1) is 7.70. The van der Waals surface area contributed by atoms with Crippen molar-refractivity contribution in [1.82, 2.24) is 4.98 Å². The van der Waals surface area contributed by atoms with Crippen molar-refractivity contribution < 1.29 is 0 Å². The second kappa shape index (κ2) is 4.81. The van der Waals surface area contributed by atoms with Crippen molar-refractivity contribution in [2.75, 3.05) is 0 Å². The Morgan fingerprint density at radius 2 is 2.06 bits per heavy atom. The van der Waals surface area contributed by atoms with E-state index in [2.05, 4.69) is 33.6 Å². The van der Waals surface area contributed by atoms with Crippen LogP contribution in [-0.2, 0) is 0 Å². The Morgan fingerprint density at radius 1 is 1.25 bits per heavy atom. The second-order valence-electron chi connectivity index (χ2n) is 3.18. The van der Waals surface area contributed by atoms with E-state index in [1.807, 2.05) is 18.2 Å². The van der Waals surface area contributed by atoms with Gasteiger partial charge in [0.15, 0.2) is 0 Å². The Hall–Kier alpha value is -1.12. The zero-order valence-corrected chi connectivity index (χ0v) is 11.0. The molecule has 0 saturated heterocycles. The molecule has 0 spiro atoms. The van der Waals surface area contributed by atoms with Gasteiger partial charge in [-0.15, -0.1) is 0 Å². The molecular weight excluding hydrogens is 335 g/mol. The van der Waals surface area contributed by atoms with Crippen molar-refractivity contribution in [3.63, 3.8) is 0 Å². The SMILES string of the molecule is N#Cc1ccc(I)c(-c2ccc(Cl)nc2)c1. The number of benzene rings is 1. The predicted octanol–water partition coefficient (Wildman–Crippen LogP) is 3.88. The molecule has 16 heavy (non-hydrogen) atoms. The molecule has 1 aromatic carbocycles. The number of halogens is 2. The fourth-order valence-electron chi connectivity index (χ4n) is 1.35. The molecule has 0 aliphatic carbocycles. The average molecular weight is 341 g/mol. The molecule has 1 heterocycles. The summed E-state index contributed by atoms with van der Waals surface area (Å²) in [5.41, 5.74) is 2.61. The van der Waals surface area contributed by atoms with Gasteiger partial charge < -0.3 is 0 Å². The van der Waals surface area contributed by atoms with Crippen LogP contribution in [0.25, 0.3) is 11.1 Å². The quantitative estimate of drug-likeness (QED) is 0.583. The highest BCUT2D eigenvalue weighted by Gasteiger charge is 2.04. The Morgan fingerprint density at radius 3 is 2.69 bits per heavy atom. The highest BCUT2D eigenvalue weighted by Crippen LogP contribution is 2.26. The molecule has 0 radical (unpaired) electrons. The van der Waals surface area contributed by atoms with Gasteiger partial charge in [-0.1, -0.05) is 11.6 Å². The third kappa shape index (κ3) is 2.34. The van der Waals surface area contributed by atoms with Gasteiger partial charge in [-0.3, -0.25) is 0 Å². The molecule has 2 rings (SSSR count). The minimum Gasteiger partial charge on any atom is -0.244 e. The summed E-state index contributed by atoms with van der Waals surface area (Å²) < 4.78 is 1.08. The van der Waals surface area contributed by atoms with Crippen LogP contribution in [0.15, 0.2) is 36.5 Å². The summed E-state index contributed by atoms with van der Waals surface area (Å²) in [5.74, 6) is 0. The van der Waals surface area contributed by atoms with Crippen LogP contribution in [0.1, 0.15) is 5.56 Å². The van der Waals surface area contributed by atoms with Crippen LogP contribution in [0.4, 0.5) is 0 Å². The summed E-state index contributed by atoms with van der Waals surface area (Å²) in [6, 6.07) is 11.3. The summed E-state index contributed by atoms with van der Waals surface area (Å²) in [7, 11) is 0. The van der Waals surface area contributed by atoms with Crippen molar-refractivity contribution in [1.29, 1.82) is 5.26 Å². The van der Waals surface area contributed by atoms with E-state index in [0.717, 1.165) is 14.7 Å². The van der Waals surface area contributed by atoms with Crippen molar-refractivity contribution in [2.45, 2.75) is 0 Å². The number of rotatable bonds is 1. The minimum atomic E-state index is 0.468. The van der Waals surface area contributed by atoms with Gasteiger partial charge in [-0.25, -0.2) is 4.98 Å². The first-order valence-electron chi connectivity index (χ1n) is 4.52. The van der Waals surface area contributed by atoms with Gasteiger partial charge in [0.2, 0.25) is 0 Å². The highest BCUT2D eigenvalue weighted by molar-refractivity contribution is 14.1. The van der Waals surface area contributed by atoms with E-state index in [4.69, 9.17) is 16.9 Å². The van der Waals surface area contributed by atoms with Gasteiger partial charge in [0, 0.05) is 15.3 Å². The zero-order valence-electron chi connectivity index (χ0n) is 8.11. The van der Waals surface area contributed by atoms with Gasteiger partial charge in [-0.05, 0) is 58.5 Å². The van der Waals surface area contributed by atoms with Crippen molar-refractivity contribution in [2.24, 2.45) is 0 Å². The minimum absolute atomic E-state index is 0.468. The van der Waals surface area contributed by atoms with Crippen LogP contribution in [0, 0.1) is 14.9 Å². The first kappa shape index (κ1) is 11.4. The van der Waals surface area contributed by atoms with Crippen molar-refractivity contribution in [3.8, 4) is 17.2 Å². The molecule has 0 amide bonds. The predicted molar refractivity (Wildman–Crippen MR) is 72.1 cm³/mol. The van der Waals surface area contributed by atoms with E-state index >= 15 is 0 Å². The van der Waals surface area contributed by atoms with Gasteiger partial charge >= 0.3 is 0 Å². The third-order valence-corrected chi connectivity index (χ3v) is 3.30. The molecule has 0 N–H and O–H groups in total. The van der Waals surface area contributed by atoms with Gasteiger partial charge in [0.1, 0.15) is 5.15 Å². The molecule has 2 aromatic rings. The van der Waals surface area contributed by atoms with Crippen molar-refractivity contribution >= 4 is 34.2 Å². The molecule has 0 aliphatic rings. The monoisotopic (exact) mass is 340 g/mol. The van der Waals surface area contributed by atoms with Gasteiger partial charge in [0.25, 0.3) is 0 Å². The maximum atomic E-state index is 8.85. The van der Waals surface area contributed by atoms with E-state index in [1.165, 1.54) is 0 Å². The molecule has 0 unspecified atom stereocenters. The Labute approximate surface area is 112 Å². The molecule has 0 saturated carbocycles. The molecule has 2 nitrogen and oxygen atoms in total. The van der Waals surface area contributed by atoms with Gasteiger partial charge in [-0.2, -0.15) is 5.26 Å². The summed E-state index contributed by atoms with van der Waals surface area (Å²) >= 11 is 7.97. The molecule has 0 aliphatic heterocycles. The van der Waals surface area contributed by atoms with E-state index in [1.54, 1.807) is 18.3 Å². The van der Waals surface area contributed by atoms with Crippen LogP contribution < -0.4 is 0 Å². The van der Waals surface area contributed by atoms with E-state index in [9.17, 15) is 0 Å². The molecule has 0 atom stereocenters. The number of nitriles is 1. The molecule has 78 valence electrons. The van der Waals surface area contributed by atoms with Crippen LogP contribution >= 0.6 is 34.2 Å². The maximum absolute atomic E-state index is 8.85. The van der Waals surface area contributed by atoms with Crippen LogP contribution in [0.2, 0.25) is 5.15 Å². The lowest BCUT2D eigenvalue weighted by atomic mass is 10.1. The Kier molecular flexibility index (Phi) is 3.42. The lowest BCUT2D eigenvalue weighted by Gasteiger charge is -2.04.